The number of hydrogen-bond acceptors (Lipinski definition) is 3. The number of amides is 1. The molecule has 7 heteroatoms. The lowest BCUT2D eigenvalue weighted by Crippen LogP contribution is -2.28. The van der Waals surface area contributed by atoms with Crippen LogP contribution in [0.25, 0.3) is 0 Å². The summed E-state index contributed by atoms with van der Waals surface area (Å²) in [6.45, 7) is 0.294. The number of amidine groups is 1. The van der Waals surface area contributed by atoms with E-state index in [2.05, 4.69) is 26.4 Å². The lowest BCUT2D eigenvalue weighted by Gasteiger charge is -2.05. The van der Waals surface area contributed by atoms with Crippen LogP contribution in [0.3, 0.4) is 0 Å². The maximum absolute atomic E-state index is 11.6. The summed E-state index contributed by atoms with van der Waals surface area (Å²) in [7, 11) is 0. The van der Waals surface area contributed by atoms with Gasteiger partial charge in [0.05, 0.1) is 5.02 Å². The Hall–Kier alpha value is -1.27. The van der Waals surface area contributed by atoms with Crippen molar-refractivity contribution < 1.29 is 10.0 Å². The molecule has 0 saturated heterocycles. The van der Waals surface area contributed by atoms with Crippen LogP contribution in [0.2, 0.25) is 5.02 Å². The van der Waals surface area contributed by atoms with Crippen molar-refractivity contribution in [2.75, 3.05) is 6.54 Å². The summed E-state index contributed by atoms with van der Waals surface area (Å²) in [5.74, 6) is -0.190. The van der Waals surface area contributed by atoms with Crippen molar-refractivity contribution in [3.05, 3.63) is 33.3 Å². The molecule has 0 heterocycles. The van der Waals surface area contributed by atoms with Gasteiger partial charge in [0.25, 0.3) is 5.91 Å². The second-order valence-electron chi connectivity index (χ2n) is 3.23. The van der Waals surface area contributed by atoms with Crippen LogP contribution >= 0.6 is 27.5 Å². The predicted molar refractivity (Wildman–Crippen MR) is 69.5 cm³/mol. The molecule has 0 aliphatic heterocycles. The molecule has 1 aromatic rings. The van der Waals surface area contributed by atoms with Crippen LogP contribution in [-0.4, -0.2) is 23.5 Å². The van der Waals surface area contributed by atoms with Crippen LogP contribution in [-0.2, 0) is 0 Å². The monoisotopic (exact) mass is 319 g/mol. The van der Waals surface area contributed by atoms with Gasteiger partial charge >= 0.3 is 0 Å². The maximum atomic E-state index is 11.6. The second kappa shape index (κ2) is 6.46. The van der Waals surface area contributed by atoms with E-state index < -0.39 is 0 Å². The Morgan fingerprint density at radius 2 is 2.29 bits per heavy atom. The molecule has 0 atom stereocenters. The number of carbonyl (C=O) groups is 1. The summed E-state index contributed by atoms with van der Waals surface area (Å²) in [5, 5.41) is 14.2. The molecule has 0 aromatic heterocycles. The van der Waals surface area contributed by atoms with E-state index in [1.54, 1.807) is 18.2 Å². The summed E-state index contributed by atoms with van der Waals surface area (Å²) < 4.78 is 0.729. The second-order valence-corrected chi connectivity index (χ2v) is 4.49. The fraction of sp³-hybridized carbons (Fsp3) is 0.200. The first-order valence-corrected chi connectivity index (χ1v) is 5.91. The lowest BCUT2D eigenvalue weighted by molar-refractivity contribution is 0.0954. The van der Waals surface area contributed by atoms with Gasteiger partial charge in [-0.15, -0.1) is 0 Å². The Morgan fingerprint density at radius 1 is 1.59 bits per heavy atom. The number of nitrogens with zero attached hydrogens (tertiary/aromatic N) is 1. The van der Waals surface area contributed by atoms with Crippen LogP contribution in [0, 0.1) is 0 Å². The molecule has 0 saturated carbocycles. The van der Waals surface area contributed by atoms with Crippen molar-refractivity contribution in [2.45, 2.75) is 6.42 Å². The van der Waals surface area contributed by atoms with E-state index in [0.717, 1.165) is 4.47 Å². The molecule has 0 aliphatic carbocycles. The van der Waals surface area contributed by atoms with Crippen LogP contribution in [0.15, 0.2) is 27.8 Å². The number of carbonyl (C=O) groups excluding carboxylic acids is 1. The zero-order valence-corrected chi connectivity index (χ0v) is 11.1. The molecule has 1 rings (SSSR count). The van der Waals surface area contributed by atoms with Gasteiger partial charge in [-0.2, -0.15) is 0 Å². The fourth-order valence-corrected chi connectivity index (χ4v) is 1.52. The minimum absolute atomic E-state index is 0.0686. The molecule has 0 radical (unpaired) electrons. The van der Waals surface area contributed by atoms with Crippen LogP contribution < -0.4 is 11.1 Å². The van der Waals surface area contributed by atoms with Crippen LogP contribution in [0.1, 0.15) is 16.8 Å². The first-order valence-electron chi connectivity index (χ1n) is 4.74. The Balaban J connectivity index is 2.55. The molecule has 1 aromatic carbocycles. The molecule has 5 nitrogen and oxygen atoms in total. The van der Waals surface area contributed by atoms with E-state index >= 15 is 0 Å². The average Bonchev–Trinajstić information content (AvgIpc) is 2.32. The predicted octanol–water partition coefficient (Wildman–Crippen LogP) is 1.97. The number of oxime groups is 1. The van der Waals surface area contributed by atoms with E-state index in [-0.39, 0.29) is 18.2 Å². The fourth-order valence-electron chi connectivity index (χ4n) is 1.09. The first-order chi connectivity index (χ1) is 8.04. The van der Waals surface area contributed by atoms with Gasteiger partial charge in [-0.25, -0.2) is 0 Å². The highest BCUT2D eigenvalue weighted by molar-refractivity contribution is 9.10. The molecule has 4 N–H and O–H groups in total. The average molecular weight is 321 g/mol. The SMILES string of the molecule is N/C(CCNC(=O)c1ccc(Br)c(Cl)c1)=N/O. The van der Waals surface area contributed by atoms with Crippen LogP contribution in [0.4, 0.5) is 0 Å². The smallest absolute Gasteiger partial charge is 0.251 e. The summed E-state index contributed by atoms with van der Waals surface area (Å²) >= 11 is 9.10. The Bertz CT molecular complexity index is 451. The summed E-state index contributed by atoms with van der Waals surface area (Å²) in [6, 6.07) is 4.90. The van der Waals surface area contributed by atoms with Gasteiger partial charge in [-0.05, 0) is 34.1 Å². The number of nitrogens with two attached hydrogens (primary N) is 1. The third-order valence-corrected chi connectivity index (χ3v) is 3.21. The molecule has 17 heavy (non-hydrogen) atoms. The highest BCUT2D eigenvalue weighted by Crippen LogP contribution is 2.22. The van der Waals surface area contributed by atoms with Crippen molar-refractivity contribution in [3.63, 3.8) is 0 Å². The lowest BCUT2D eigenvalue weighted by atomic mass is 10.2. The summed E-state index contributed by atoms with van der Waals surface area (Å²) in [6.07, 6.45) is 0.284. The number of benzene rings is 1. The molecule has 0 aliphatic rings. The number of nitrogens with one attached hydrogen (secondary N) is 1. The zero-order valence-electron chi connectivity index (χ0n) is 8.78. The van der Waals surface area contributed by atoms with Crippen molar-refractivity contribution >= 4 is 39.3 Å². The Labute approximate surface area is 112 Å². The topological polar surface area (TPSA) is 87.7 Å². The van der Waals surface area contributed by atoms with Crippen LogP contribution in [0.5, 0.6) is 0 Å². The van der Waals surface area contributed by atoms with E-state index in [1.807, 2.05) is 0 Å². The number of hydrogen-bond donors (Lipinski definition) is 3. The van der Waals surface area contributed by atoms with Crippen molar-refractivity contribution in [1.82, 2.24) is 5.32 Å². The minimum atomic E-state index is -0.259. The van der Waals surface area contributed by atoms with Gasteiger partial charge in [-0.3, -0.25) is 4.79 Å². The van der Waals surface area contributed by atoms with E-state index in [0.29, 0.717) is 17.1 Å². The highest BCUT2D eigenvalue weighted by atomic mass is 79.9. The van der Waals surface area contributed by atoms with E-state index in [4.69, 9.17) is 22.5 Å². The summed E-state index contributed by atoms with van der Waals surface area (Å²) in [5.41, 5.74) is 5.72. The van der Waals surface area contributed by atoms with Gasteiger partial charge in [-0.1, -0.05) is 16.8 Å². The van der Waals surface area contributed by atoms with Crippen molar-refractivity contribution in [2.24, 2.45) is 10.9 Å². The molecule has 0 unspecified atom stereocenters. The minimum Gasteiger partial charge on any atom is -0.409 e. The molecular formula is C10H11BrClN3O2. The van der Waals surface area contributed by atoms with E-state index in [1.165, 1.54) is 0 Å². The van der Waals surface area contributed by atoms with Crippen molar-refractivity contribution in [3.8, 4) is 0 Å². The van der Waals surface area contributed by atoms with Gasteiger partial charge < -0.3 is 16.3 Å². The molecule has 0 spiro atoms. The Kier molecular flexibility index (Phi) is 5.24. The summed E-state index contributed by atoms with van der Waals surface area (Å²) in [4.78, 5) is 11.6. The molecule has 0 fully saturated rings. The third kappa shape index (κ3) is 4.24. The van der Waals surface area contributed by atoms with Gasteiger partial charge in [0, 0.05) is 23.0 Å². The van der Waals surface area contributed by atoms with Crippen molar-refractivity contribution in [1.29, 1.82) is 0 Å². The number of halogens is 2. The third-order valence-electron chi connectivity index (χ3n) is 1.98. The van der Waals surface area contributed by atoms with Gasteiger partial charge in [0.15, 0.2) is 0 Å². The first kappa shape index (κ1) is 13.8. The van der Waals surface area contributed by atoms with Gasteiger partial charge in [0.1, 0.15) is 5.84 Å². The molecule has 92 valence electrons. The highest BCUT2D eigenvalue weighted by Gasteiger charge is 2.07. The number of rotatable bonds is 4. The van der Waals surface area contributed by atoms with Gasteiger partial charge in [0.2, 0.25) is 0 Å². The van der Waals surface area contributed by atoms with E-state index in [9.17, 15) is 4.79 Å². The standard InChI is InChI=1S/C10H11BrClN3O2/c11-7-2-1-6(5-8(7)12)10(16)14-4-3-9(13)15-17/h1-2,5,17H,3-4H2,(H2,13,15)(H,14,16). The normalized spacial score (nSPS) is 11.3. The zero-order chi connectivity index (χ0) is 12.8. The molecule has 1 amide bonds. The maximum Gasteiger partial charge on any atom is 0.251 e. The molecule has 0 bridgehead atoms. The Morgan fingerprint density at radius 3 is 2.88 bits per heavy atom. The largest absolute Gasteiger partial charge is 0.409 e. The molecular weight excluding hydrogens is 309 g/mol. The quantitative estimate of drug-likeness (QED) is 0.343.